The molecule has 0 amide bonds. The molecule has 1 fully saturated rings. The van der Waals surface area contributed by atoms with Crippen molar-refractivity contribution in [2.45, 2.75) is 71.3 Å². The Morgan fingerprint density at radius 1 is 1.15 bits per heavy atom. The fraction of sp³-hybridized carbons (Fsp3) is 0.462. The van der Waals surface area contributed by atoms with Crippen molar-refractivity contribution in [1.82, 2.24) is 19.7 Å². The van der Waals surface area contributed by atoms with Gasteiger partial charge < -0.3 is 9.84 Å². The highest BCUT2D eigenvalue weighted by Gasteiger charge is 2.18. The number of aryl methyl sites for hydroxylation is 1. The van der Waals surface area contributed by atoms with E-state index in [2.05, 4.69) is 16.6 Å². The third-order valence-electron chi connectivity index (χ3n) is 6.32. The van der Waals surface area contributed by atoms with Crippen molar-refractivity contribution in [2.24, 2.45) is 5.92 Å². The van der Waals surface area contributed by atoms with Crippen molar-refractivity contribution >= 4 is 6.16 Å². The molecule has 4 rings (SSSR count). The maximum atomic E-state index is 11.0. The van der Waals surface area contributed by atoms with E-state index in [-0.39, 0.29) is 5.75 Å². The minimum absolute atomic E-state index is 0.274. The van der Waals surface area contributed by atoms with Gasteiger partial charge in [0.2, 0.25) is 0 Å². The van der Waals surface area contributed by atoms with Gasteiger partial charge in [0.05, 0.1) is 6.54 Å². The summed E-state index contributed by atoms with van der Waals surface area (Å²) in [6.07, 6.45) is 12.6. The Labute approximate surface area is 194 Å². The molecular weight excluding hydrogens is 416 g/mol. The predicted octanol–water partition coefficient (Wildman–Crippen LogP) is 5.91. The average molecular weight is 449 g/mol. The van der Waals surface area contributed by atoms with Gasteiger partial charge in [-0.05, 0) is 23.5 Å². The minimum Gasteiger partial charge on any atom is -0.449 e. The number of carboxylic acid groups (broad SMARTS) is 1. The first-order valence-corrected chi connectivity index (χ1v) is 12.0. The summed E-state index contributed by atoms with van der Waals surface area (Å²) in [7, 11) is 0. The zero-order valence-electron chi connectivity index (χ0n) is 19.2. The van der Waals surface area contributed by atoms with Gasteiger partial charge in [0.1, 0.15) is 11.6 Å². The summed E-state index contributed by atoms with van der Waals surface area (Å²) < 4.78 is 6.96. The average Bonchev–Trinajstić information content (AvgIpc) is 3.19. The van der Waals surface area contributed by atoms with Crippen LogP contribution >= 0.6 is 0 Å². The Hall–Kier alpha value is -3.22. The molecule has 0 atom stereocenters. The van der Waals surface area contributed by atoms with Crippen LogP contribution in [-0.4, -0.2) is 31.0 Å². The Morgan fingerprint density at radius 2 is 1.94 bits per heavy atom. The number of unbranched alkanes of at least 4 members (excludes halogenated alkanes) is 1. The van der Waals surface area contributed by atoms with Crippen molar-refractivity contribution < 1.29 is 14.6 Å². The van der Waals surface area contributed by atoms with Gasteiger partial charge in [-0.15, -0.1) is 0 Å². The number of ether oxygens (including phenoxy) is 1. The number of aromatic nitrogens is 4. The topological polar surface area (TPSA) is 90.1 Å². The molecule has 0 radical (unpaired) electrons. The van der Waals surface area contributed by atoms with Crippen molar-refractivity contribution in [3.63, 3.8) is 0 Å². The molecule has 1 aliphatic carbocycles. The number of rotatable bonds is 9. The highest BCUT2D eigenvalue weighted by atomic mass is 16.7. The van der Waals surface area contributed by atoms with Gasteiger partial charge in [-0.3, -0.25) is 4.98 Å². The lowest BCUT2D eigenvalue weighted by Gasteiger charge is -2.19. The van der Waals surface area contributed by atoms with Gasteiger partial charge in [-0.25, -0.2) is 14.5 Å². The first-order valence-electron chi connectivity index (χ1n) is 12.0. The number of hydrogen-bond donors (Lipinski definition) is 1. The van der Waals surface area contributed by atoms with E-state index in [9.17, 15) is 4.79 Å². The lowest BCUT2D eigenvalue weighted by atomic mass is 9.87. The van der Waals surface area contributed by atoms with Gasteiger partial charge in [-0.1, -0.05) is 69.7 Å². The number of nitrogens with zero attached hydrogens (tertiary/aromatic N) is 4. The van der Waals surface area contributed by atoms with Crippen LogP contribution in [0.4, 0.5) is 4.79 Å². The molecule has 0 saturated heterocycles. The second-order valence-electron chi connectivity index (χ2n) is 8.85. The zero-order valence-corrected chi connectivity index (χ0v) is 19.2. The van der Waals surface area contributed by atoms with E-state index in [1.807, 2.05) is 24.3 Å². The van der Waals surface area contributed by atoms with E-state index >= 15 is 0 Å². The molecule has 0 unspecified atom stereocenters. The Bertz CT molecular complexity index is 1060. The second kappa shape index (κ2) is 11.1. The molecule has 33 heavy (non-hydrogen) atoms. The highest BCUT2D eigenvalue weighted by Crippen LogP contribution is 2.30. The van der Waals surface area contributed by atoms with E-state index in [1.165, 1.54) is 38.3 Å². The molecule has 3 aromatic rings. The van der Waals surface area contributed by atoms with Gasteiger partial charge in [0.25, 0.3) is 0 Å². The van der Waals surface area contributed by atoms with E-state index in [4.69, 9.17) is 19.9 Å². The second-order valence-corrected chi connectivity index (χ2v) is 8.85. The first-order chi connectivity index (χ1) is 16.1. The molecule has 7 heteroatoms. The van der Waals surface area contributed by atoms with Crippen LogP contribution in [0.1, 0.15) is 69.1 Å². The molecule has 1 saturated carbocycles. The number of pyridine rings is 1. The fourth-order valence-electron chi connectivity index (χ4n) is 4.55. The lowest BCUT2D eigenvalue weighted by molar-refractivity contribution is 0.144. The zero-order chi connectivity index (χ0) is 23.0. The van der Waals surface area contributed by atoms with Crippen LogP contribution in [0.2, 0.25) is 0 Å². The predicted molar refractivity (Wildman–Crippen MR) is 126 cm³/mol. The Kier molecular flexibility index (Phi) is 7.70. The summed E-state index contributed by atoms with van der Waals surface area (Å²) in [5.41, 5.74) is 2.62. The standard InChI is InChI=1S/C26H32N4O3/c1-2-3-9-25-28-24(16-19-7-5-4-6-8-19)29-30(25)18-20-10-12-21(13-11-20)22-17-27-15-14-23(22)33-26(31)32/h10-15,17,19H,2-9,16,18H2,1H3,(H,31,32). The molecule has 0 spiro atoms. The maximum absolute atomic E-state index is 11.0. The Balaban J connectivity index is 1.50. The van der Waals surface area contributed by atoms with Crippen molar-refractivity contribution in [3.8, 4) is 16.9 Å². The summed E-state index contributed by atoms with van der Waals surface area (Å²) in [4.78, 5) is 20.0. The van der Waals surface area contributed by atoms with Gasteiger partial charge in [0, 0.05) is 36.9 Å². The summed E-state index contributed by atoms with van der Waals surface area (Å²) in [6, 6.07) is 9.57. The molecule has 0 aliphatic heterocycles. The highest BCUT2D eigenvalue weighted by molar-refractivity contribution is 5.73. The third-order valence-corrected chi connectivity index (χ3v) is 6.32. The van der Waals surface area contributed by atoms with Crippen molar-refractivity contribution in [3.05, 3.63) is 59.9 Å². The third kappa shape index (κ3) is 6.18. The largest absolute Gasteiger partial charge is 0.511 e. The molecule has 1 aliphatic rings. The summed E-state index contributed by atoms with van der Waals surface area (Å²) in [6.45, 7) is 2.87. The summed E-state index contributed by atoms with van der Waals surface area (Å²) >= 11 is 0. The van der Waals surface area contributed by atoms with Gasteiger partial charge in [0.15, 0.2) is 5.82 Å². The van der Waals surface area contributed by atoms with Crippen LogP contribution in [0.3, 0.4) is 0 Å². The minimum atomic E-state index is -1.34. The van der Waals surface area contributed by atoms with Crippen LogP contribution in [-0.2, 0) is 19.4 Å². The fourth-order valence-corrected chi connectivity index (χ4v) is 4.55. The lowest BCUT2D eigenvalue weighted by Crippen LogP contribution is -2.11. The SMILES string of the molecule is CCCCc1nc(CC2CCCCC2)nn1Cc1ccc(-c2cnccc2OC(=O)O)cc1. The van der Waals surface area contributed by atoms with Crippen molar-refractivity contribution in [1.29, 1.82) is 0 Å². The van der Waals surface area contributed by atoms with Gasteiger partial charge in [-0.2, -0.15) is 5.10 Å². The van der Waals surface area contributed by atoms with Crippen LogP contribution in [0.25, 0.3) is 11.1 Å². The molecule has 7 nitrogen and oxygen atoms in total. The Morgan fingerprint density at radius 3 is 2.67 bits per heavy atom. The van der Waals surface area contributed by atoms with E-state index in [1.54, 1.807) is 12.3 Å². The first kappa shape index (κ1) is 23.0. The quantitative estimate of drug-likeness (QED) is 0.409. The maximum Gasteiger partial charge on any atom is 0.511 e. The molecule has 2 heterocycles. The number of carbonyl (C=O) groups is 1. The van der Waals surface area contributed by atoms with Crippen LogP contribution in [0.15, 0.2) is 42.7 Å². The smallest absolute Gasteiger partial charge is 0.449 e. The number of hydrogen-bond acceptors (Lipinski definition) is 5. The normalized spacial score (nSPS) is 14.3. The molecule has 174 valence electrons. The summed E-state index contributed by atoms with van der Waals surface area (Å²) in [5, 5.41) is 13.9. The molecule has 1 N–H and O–H groups in total. The van der Waals surface area contributed by atoms with E-state index < -0.39 is 6.16 Å². The molecular formula is C26H32N4O3. The van der Waals surface area contributed by atoms with E-state index in [0.29, 0.717) is 12.1 Å². The monoisotopic (exact) mass is 448 g/mol. The molecule has 2 aromatic heterocycles. The molecule has 0 bridgehead atoms. The van der Waals surface area contributed by atoms with Crippen LogP contribution < -0.4 is 4.74 Å². The van der Waals surface area contributed by atoms with Crippen molar-refractivity contribution in [2.75, 3.05) is 0 Å². The van der Waals surface area contributed by atoms with Crippen LogP contribution in [0.5, 0.6) is 5.75 Å². The number of benzene rings is 1. The van der Waals surface area contributed by atoms with E-state index in [0.717, 1.165) is 54.4 Å². The van der Waals surface area contributed by atoms with Gasteiger partial charge >= 0.3 is 6.16 Å². The summed E-state index contributed by atoms with van der Waals surface area (Å²) in [5.74, 6) is 3.04. The molecule has 1 aromatic carbocycles. The van der Waals surface area contributed by atoms with Crippen LogP contribution in [0, 0.1) is 5.92 Å².